The Morgan fingerprint density at radius 2 is 2.18 bits per heavy atom. The van der Waals surface area contributed by atoms with Crippen molar-refractivity contribution in [1.29, 1.82) is 0 Å². The zero-order valence-corrected chi connectivity index (χ0v) is 9.71. The van der Waals surface area contributed by atoms with Crippen molar-refractivity contribution >= 4 is 0 Å². The van der Waals surface area contributed by atoms with Gasteiger partial charge in [0.05, 0.1) is 12.7 Å². The van der Waals surface area contributed by atoms with Gasteiger partial charge < -0.3 is 5.32 Å². The van der Waals surface area contributed by atoms with E-state index < -0.39 is 0 Å². The highest BCUT2D eigenvalue weighted by Crippen LogP contribution is 2.17. The van der Waals surface area contributed by atoms with Crippen molar-refractivity contribution in [3.05, 3.63) is 36.9 Å². The monoisotopic (exact) mass is 228 g/mol. The van der Waals surface area contributed by atoms with E-state index in [2.05, 4.69) is 21.6 Å². The van der Waals surface area contributed by atoms with Gasteiger partial charge in [0, 0.05) is 30.2 Å². The van der Waals surface area contributed by atoms with E-state index in [1.54, 1.807) is 0 Å². The second-order valence-electron chi connectivity index (χ2n) is 4.48. The minimum Gasteiger partial charge on any atom is -0.312 e. The van der Waals surface area contributed by atoms with Gasteiger partial charge >= 0.3 is 0 Å². The van der Waals surface area contributed by atoms with Crippen molar-refractivity contribution in [3.63, 3.8) is 0 Å². The van der Waals surface area contributed by atoms with Crippen LogP contribution in [0.4, 0.5) is 0 Å². The molecule has 0 saturated carbocycles. The molecule has 0 radical (unpaired) electrons. The molecule has 1 atom stereocenters. The molecule has 88 valence electrons. The fourth-order valence-electron chi connectivity index (χ4n) is 2.30. The van der Waals surface area contributed by atoms with Gasteiger partial charge in [0.2, 0.25) is 0 Å². The summed E-state index contributed by atoms with van der Waals surface area (Å²) in [6, 6.07) is 4.60. The number of nitrogens with zero attached hydrogens (tertiary/aromatic N) is 3. The Kier molecular flexibility index (Phi) is 2.88. The summed E-state index contributed by atoms with van der Waals surface area (Å²) in [5, 5.41) is 7.90. The van der Waals surface area contributed by atoms with Gasteiger partial charge in [-0.25, -0.2) is 0 Å². The summed E-state index contributed by atoms with van der Waals surface area (Å²) in [6.45, 7) is 2.11. The fraction of sp³-hybridized carbons (Fsp3) is 0.385. The third-order valence-electron chi connectivity index (χ3n) is 3.22. The molecule has 1 aliphatic rings. The van der Waals surface area contributed by atoms with Gasteiger partial charge in [-0.3, -0.25) is 9.67 Å². The number of aromatic nitrogens is 3. The van der Waals surface area contributed by atoms with Crippen LogP contribution in [-0.4, -0.2) is 27.4 Å². The molecule has 1 saturated heterocycles. The van der Waals surface area contributed by atoms with Gasteiger partial charge in [-0.1, -0.05) is 0 Å². The van der Waals surface area contributed by atoms with Gasteiger partial charge in [0.1, 0.15) is 0 Å². The minimum absolute atomic E-state index is 0.584. The topological polar surface area (TPSA) is 42.7 Å². The maximum atomic E-state index is 4.41. The van der Waals surface area contributed by atoms with Crippen molar-refractivity contribution in [2.75, 3.05) is 6.54 Å². The Morgan fingerprint density at radius 1 is 1.29 bits per heavy atom. The number of nitrogens with one attached hydrogen (secondary N) is 1. The summed E-state index contributed by atoms with van der Waals surface area (Å²) in [5.74, 6) is 0. The zero-order chi connectivity index (χ0) is 11.5. The second kappa shape index (κ2) is 4.67. The summed E-state index contributed by atoms with van der Waals surface area (Å²) in [7, 11) is 0. The van der Waals surface area contributed by atoms with Crippen LogP contribution in [0.15, 0.2) is 36.9 Å². The summed E-state index contributed by atoms with van der Waals surface area (Å²) in [5.41, 5.74) is 2.33. The van der Waals surface area contributed by atoms with Gasteiger partial charge in [0.15, 0.2) is 0 Å². The van der Waals surface area contributed by atoms with Crippen LogP contribution < -0.4 is 5.32 Å². The molecule has 2 aromatic heterocycles. The largest absolute Gasteiger partial charge is 0.312 e. The van der Waals surface area contributed by atoms with Crippen LogP contribution >= 0.6 is 0 Å². The SMILES string of the molecule is c1cc(-c2cnn(CC3CCCN3)c2)ccn1. The lowest BCUT2D eigenvalue weighted by atomic mass is 10.1. The van der Waals surface area contributed by atoms with Crippen LogP contribution in [0.3, 0.4) is 0 Å². The van der Waals surface area contributed by atoms with Gasteiger partial charge in [-0.15, -0.1) is 0 Å². The average Bonchev–Trinajstić information content (AvgIpc) is 3.02. The molecule has 0 spiro atoms. The first-order valence-corrected chi connectivity index (χ1v) is 6.08. The molecule has 2 aromatic rings. The molecule has 1 N–H and O–H groups in total. The Morgan fingerprint density at radius 3 is 2.94 bits per heavy atom. The maximum Gasteiger partial charge on any atom is 0.0568 e. The Balaban J connectivity index is 1.74. The van der Waals surface area contributed by atoms with Gasteiger partial charge in [-0.05, 0) is 37.1 Å². The van der Waals surface area contributed by atoms with E-state index in [4.69, 9.17) is 0 Å². The summed E-state index contributed by atoms with van der Waals surface area (Å²) >= 11 is 0. The Bertz CT molecular complexity index is 471. The summed E-state index contributed by atoms with van der Waals surface area (Å²) in [4.78, 5) is 4.02. The van der Waals surface area contributed by atoms with E-state index in [9.17, 15) is 0 Å². The predicted octanol–water partition coefficient (Wildman–Crippen LogP) is 1.70. The van der Waals surface area contributed by atoms with Crippen LogP contribution in [-0.2, 0) is 6.54 Å². The van der Waals surface area contributed by atoms with Crippen LogP contribution in [0, 0.1) is 0 Å². The molecule has 0 amide bonds. The van der Waals surface area contributed by atoms with Gasteiger partial charge in [-0.2, -0.15) is 5.10 Å². The lowest BCUT2D eigenvalue weighted by molar-refractivity contribution is 0.476. The molecule has 1 fully saturated rings. The lowest BCUT2D eigenvalue weighted by Gasteiger charge is -2.09. The van der Waals surface area contributed by atoms with Crippen molar-refractivity contribution in [1.82, 2.24) is 20.1 Å². The van der Waals surface area contributed by atoms with Crippen LogP contribution in [0.2, 0.25) is 0 Å². The van der Waals surface area contributed by atoms with Crippen LogP contribution in [0.5, 0.6) is 0 Å². The van der Waals surface area contributed by atoms with E-state index in [1.165, 1.54) is 18.4 Å². The van der Waals surface area contributed by atoms with Crippen LogP contribution in [0.1, 0.15) is 12.8 Å². The molecule has 4 nitrogen and oxygen atoms in total. The molecular formula is C13H16N4. The summed E-state index contributed by atoms with van der Waals surface area (Å²) in [6.07, 6.45) is 10.2. The molecule has 17 heavy (non-hydrogen) atoms. The van der Waals surface area contributed by atoms with Crippen molar-refractivity contribution < 1.29 is 0 Å². The number of pyridine rings is 1. The molecule has 0 aliphatic carbocycles. The quantitative estimate of drug-likeness (QED) is 0.869. The summed E-state index contributed by atoms with van der Waals surface area (Å²) < 4.78 is 2.03. The first-order chi connectivity index (χ1) is 8.42. The first kappa shape index (κ1) is 10.5. The van der Waals surface area contributed by atoms with Crippen molar-refractivity contribution in [3.8, 4) is 11.1 Å². The average molecular weight is 228 g/mol. The molecule has 0 aromatic carbocycles. The van der Waals surface area contributed by atoms with Crippen molar-refractivity contribution in [2.45, 2.75) is 25.4 Å². The molecule has 0 bridgehead atoms. The van der Waals surface area contributed by atoms with Gasteiger partial charge in [0.25, 0.3) is 0 Å². The highest BCUT2D eigenvalue weighted by atomic mass is 15.3. The van der Waals surface area contributed by atoms with E-state index in [0.717, 1.165) is 18.7 Å². The van der Waals surface area contributed by atoms with E-state index in [0.29, 0.717) is 6.04 Å². The smallest absolute Gasteiger partial charge is 0.0568 e. The fourth-order valence-corrected chi connectivity index (χ4v) is 2.30. The van der Waals surface area contributed by atoms with E-state index in [-0.39, 0.29) is 0 Å². The molecule has 1 aliphatic heterocycles. The number of rotatable bonds is 3. The number of hydrogen-bond donors (Lipinski definition) is 1. The first-order valence-electron chi connectivity index (χ1n) is 6.08. The number of hydrogen-bond acceptors (Lipinski definition) is 3. The minimum atomic E-state index is 0.584. The normalized spacial score (nSPS) is 19.6. The molecule has 3 rings (SSSR count). The molecule has 4 heteroatoms. The predicted molar refractivity (Wildman–Crippen MR) is 66.5 cm³/mol. The van der Waals surface area contributed by atoms with E-state index in [1.807, 2.05) is 35.4 Å². The molecule has 3 heterocycles. The Hall–Kier alpha value is -1.68. The third kappa shape index (κ3) is 2.36. The highest BCUT2D eigenvalue weighted by molar-refractivity contribution is 5.60. The lowest BCUT2D eigenvalue weighted by Crippen LogP contribution is -2.26. The Labute approximate surface area is 101 Å². The standard InChI is InChI=1S/C13H16N4/c1-2-13(15-5-1)10-17-9-12(8-16-17)11-3-6-14-7-4-11/h3-4,6-9,13,15H,1-2,5,10H2. The molecular weight excluding hydrogens is 212 g/mol. The highest BCUT2D eigenvalue weighted by Gasteiger charge is 2.14. The maximum absolute atomic E-state index is 4.41. The van der Waals surface area contributed by atoms with Crippen LogP contribution in [0.25, 0.3) is 11.1 Å². The third-order valence-corrected chi connectivity index (χ3v) is 3.22. The van der Waals surface area contributed by atoms with Crippen molar-refractivity contribution in [2.24, 2.45) is 0 Å². The molecule has 1 unspecified atom stereocenters. The van der Waals surface area contributed by atoms with E-state index >= 15 is 0 Å². The second-order valence-corrected chi connectivity index (χ2v) is 4.48. The zero-order valence-electron chi connectivity index (χ0n) is 9.71.